The predicted molar refractivity (Wildman–Crippen MR) is 39.8 cm³/mol. The Hall–Kier alpha value is -0.510. The molecule has 0 bridgehead atoms. The van der Waals surface area contributed by atoms with Crippen molar-refractivity contribution < 1.29 is 19.0 Å². The van der Waals surface area contributed by atoms with Crippen LogP contribution in [0.25, 0.3) is 0 Å². The van der Waals surface area contributed by atoms with Gasteiger partial charge in [0.15, 0.2) is 0 Å². The number of hydrogen-bond donors (Lipinski definition) is 2. The van der Waals surface area contributed by atoms with Crippen molar-refractivity contribution in [1.82, 2.24) is 0 Å². The van der Waals surface area contributed by atoms with E-state index in [4.69, 9.17) is 10.8 Å². The van der Waals surface area contributed by atoms with Crippen LogP contribution in [-0.4, -0.2) is 24.2 Å². The summed E-state index contributed by atoms with van der Waals surface area (Å²) in [7, 11) is -0.906. The first-order chi connectivity index (χ1) is 5.22. The first-order valence-corrected chi connectivity index (χ1v) is 3.95. The number of aliphatic carboxylic acids is 1. The van der Waals surface area contributed by atoms with Gasteiger partial charge in [-0.1, -0.05) is 0 Å². The molecule has 0 rings (SSSR count). The standard InChI is InChI=1S/C5H10NO4P/c6-2-1-4(5(7)8)3-10-11-9/h4,11H,1-3,6H2/p+1. The molecule has 0 saturated heterocycles. The fourth-order valence-electron chi connectivity index (χ4n) is 0.614. The number of carbonyl (C=O) groups is 1. The molecule has 0 spiro atoms. The maximum atomic E-state index is 10.4. The lowest BCUT2D eigenvalue weighted by Crippen LogP contribution is -2.21. The van der Waals surface area contributed by atoms with Crippen LogP contribution in [0.5, 0.6) is 0 Å². The molecule has 0 aliphatic carbocycles. The van der Waals surface area contributed by atoms with E-state index in [1.54, 1.807) is 0 Å². The molecular weight excluding hydrogens is 169 g/mol. The van der Waals surface area contributed by atoms with Crippen LogP contribution in [0.15, 0.2) is 0 Å². The Morgan fingerprint density at radius 1 is 1.73 bits per heavy atom. The molecule has 2 atom stereocenters. The van der Waals surface area contributed by atoms with Crippen LogP contribution in [0.3, 0.4) is 0 Å². The average molecular weight is 180 g/mol. The Bertz CT molecular complexity index is 140. The third-order valence-corrected chi connectivity index (χ3v) is 1.49. The number of carboxylic acid groups (broad SMARTS) is 1. The lowest BCUT2D eigenvalue weighted by Gasteiger charge is -2.04. The van der Waals surface area contributed by atoms with Crippen molar-refractivity contribution in [3.8, 4) is 0 Å². The third-order valence-electron chi connectivity index (χ3n) is 1.21. The third kappa shape index (κ3) is 4.84. The van der Waals surface area contributed by atoms with Crippen molar-refractivity contribution >= 4 is 14.7 Å². The van der Waals surface area contributed by atoms with Crippen molar-refractivity contribution in [2.75, 3.05) is 13.2 Å². The van der Waals surface area contributed by atoms with Crippen LogP contribution in [0.4, 0.5) is 0 Å². The maximum absolute atomic E-state index is 10.4. The highest BCUT2D eigenvalue weighted by molar-refractivity contribution is 7.17. The van der Waals surface area contributed by atoms with E-state index in [1.807, 2.05) is 0 Å². The Morgan fingerprint density at radius 3 is 2.73 bits per heavy atom. The van der Waals surface area contributed by atoms with Crippen molar-refractivity contribution in [1.29, 1.82) is 0 Å². The summed E-state index contributed by atoms with van der Waals surface area (Å²) >= 11 is 0. The van der Waals surface area contributed by atoms with Gasteiger partial charge in [0, 0.05) is 0 Å². The summed E-state index contributed by atoms with van der Waals surface area (Å²) in [4.78, 5) is 10.4. The summed E-state index contributed by atoms with van der Waals surface area (Å²) in [6, 6.07) is 0. The molecule has 5 nitrogen and oxygen atoms in total. The van der Waals surface area contributed by atoms with E-state index in [1.165, 1.54) is 0 Å². The summed E-state index contributed by atoms with van der Waals surface area (Å²) in [6.45, 7) is 0.261. The summed E-state index contributed by atoms with van der Waals surface area (Å²) in [5.41, 5.74) is 5.14. The van der Waals surface area contributed by atoms with Crippen molar-refractivity contribution in [3.05, 3.63) is 0 Å². The number of hydrogen-bond acceptors (Lipinski definition) is 4. The molecule has 0 heterocycles. The van der Waals surface area contributed by atoms with Crippen molar-refractivity contribution in [3.63, 3.8) is 0 Å². The molecule has 2 unspecified atom stereocenters. The minimum atomic E-state index is -0.964. The van der Waals surface area contributed by atoms with Gasteiger partial charge in [-0.3, -0.25) is 4.79 Å². The molecule has 0 radical (unpaired) electrons. The quantitative estimate of drug-likeness (QED) is 0.561. The second-order valence-corrected chi connectivity index (χ2v) is 2.46. The molecule has 0 saturated carbocycles. The zero-order chi connectivity index (χ0) is 8.69. The second-order valence-electron chi connectivity index (χ2n) is 2.01. The van der Waals surface area contributed by atoms with Crippen LogP contribution in [0.1, 0.15) is 6.42 Å². The van der Waals surface area contributed by atoms with Crippen molar-refractivity contribution in [2.24, 2.45) is 11.7 Å². The summed E-state index contributed by atoms with van der Waals surface area (Å²) in [5, 5.41) is 8.50. The van der Waals surface area contributed by atoms with E-state index in [2.05, 4.69) is 4.52 Å². The fraction of sp³-hybridized carbons (Fsp3) is 0.800. The molecule has 0 aromatic heterocycles. The molecular formula is C5H11NO4P+. The summed E-state index contributed by atoms with van der Waals surface area (Å²) in [5.74, 6) is -1.60. The van der Waals surface area contributed by atoms with E-state index in [-0.39, 0.29) is 6.61 Å². The molecule has 0 aromatic rings. The van der Waals surface area contributed by atoms with Crippen LogP contribution < -0.4 is 5.73 Å². The van der Waals surface area contributed by atoms with E-state index in [0.717, 1.165) is 0 Å². The van der Waals surface area contributed by atoms with Crippen LogP contribution in [0, 0.1) is 5.92 Å². The number of carboxylic acids is 1. The van der Waals surface area contributed by atoms with Gasteiger partial charge in [-0.25, -0.2) is 0 Å². The lowest BCUT2D eigenvalue weighted by molar-refractivity contribution is -0.142. The molecule has 64 valence electrons. The SMILES string of the molecule is NCCC(CO[PH+]=O)C(=O)O. The first kappa shape index (κ1) is 10.5. The van der Waals surface area contributed by atoms with Gasteiger partial charge in [0.2, 0.25) is 0 Å². The fourth-order valence-corrected chi connectivity index (χ4v) is 0.883. The first-order valence-electron chi connectivity index (χ1n) is 3.14. The minimum Gasteiger partial charge on any atom is -0.481 e. The van der Waals surface area contributed by atoms with Crippen LogP contribution in [0.2, 0.25) is 0 Å². The molecule has 0 aliphatic rings. The second kappa shape index (κ2) is 6.22. The minimum absolute atomic E-state index is 0.0333. The Labute approximate surface area is 65.8 Å². The van der Waals surface area contributed by atoms with Gasteiger partial charge in [-0.2, -0.15) is 0 Å². The van der Waals surface area contributed by atoms with Crippen molar-refractivity contribution in [2.45, 2.75) is 6.42 Å². The van der Waals surface area contributed by atoms with E-state index >= 15 is 0 Å². The van der Waals surface area contributed by atoms with E-state index in [0.29, 0.717) is 13.0 Å². The van der Waals surface area contributed by atoms with Gasteiger partial charge >= 0.3 is 14.7 Å². The monoisotopic (exact) mass is 180 g/mol. The number of nitrogens with two attached hydrogens (primary N) is 1. The molecule has 0 aromatic carbocycles. The van der Waals surface area contributed by atoms with Gasteiger partial charge < -0.3 is 10.8 Å². The Balaban J connectivity index is 3.68. The van der Waals surface area contributed by atoms with Gasteiger partial charge in [-0.15, -0.1) is 4.52 Å². The zero-order valence-electron chi connectivity index (χ0n) is 5.95. The maximum Gasteiger partial charge on any atom is 0.494 e. The highest BCUT2D eigenvalue weighted by Crippen LogP contribution is 2.06. The van der Waals surface area contributed by atoms with Gasteiger partial charge in [-0.05, 0) is 17.5 Å². The molecule has 11 heavy (non-hydrogen) atoms. The van der Waals surface area contributed by atoms with E-state index in [9.17, 15) is 9.36 Å². The lowest BCUT2D eigenvalue weighted by atomic mass is 10.1. The van der Waals surface area contributed by atoms with Crippen LogP contribution in [-0.2, 0) is 13.9 Å². The zero-order valence-corrected chi connectivity index (χ0v) is 6.95. The normalized spacial score (nSPS) is 13.2. The van der Waals surface area contributed by atoms with Crippen LogP contribution >= 0.6 is 8.69 Å². The molecule has 0 aliphatic heterocycles. The highest BCUT2D eigenvalue weighted by atomic mass is 31.1. The van der Waals surface area contributed by atoms with Gasteiger partial charge in [0.25, 0.3) is 0 Å². The molecule has 0 fully saturated rings. The summed E-state index contributed by atoms with van der Waals surface area (Å²) < 4.78 is 14.3. The predicted octanol–water partition coefficient (Wildman–Crippen LogP) is -0.00840. The summed E-state index contributed by atoms with van der Waals surface area (Å²) in [6.07, 6.45) is 0.347. The highest BCUT2D eigenvalue weighted by Gasteiger charge is 2.18. The Morgan fingerprint density at radius 2 is 2.36 bits per heavy atom. The molecule has 3 N–H and O–H groups in total. The van der Waals surface area contributed by atoms with Gasteiger partial charge in [0.05, 0.1) is 5.92 Å². The smallest absolute Gasteiger partial charge is 0.481 e. The topological polar surface area (TPSA) is 89.6 Å². The van der Waals surface area contributed by atoms with Gasteiger partial charge in [0.1, 0.15) is 6.61 Å². The molecule has 0 amide bonds. The van der Waals surface area contributed by atoms with E-state index < -0.39 is 20.6 Å². The largest absolute Gasteiger partial charge is 0.494 e. The number of rotatable bonds is 6. The Kier molecular flexibility index (Phi) is 5.93. The molecule has 6 heteroatoms. The average Bonchev–Trinajstić information content (AvgIpc) is 1.97.